The van der Waals surface area contributed by atoms with E-state index in [2.05, 4.69) is 62.8 Å². The van der Waals surface area contributed by atoms with Crippen molar-refractivity contribution in [3.05, 3.63) is 140 Å². The van der Waals surface area contributed by atoms with Crippen molar-refractivity contribution in [2.45, 2.75) is 59.0 Å². The first-order valence-electron chi connectivity index (χ1n) is 19.3. The Labute approximate surface area is 348 Å². The fourth-order valence-electron chi connectivity index (χ4n) is 8.44. The SMILES string of the molecule is CC1CC=CN2C(=C1c1ccccc1)c1c(C(=O)Nc3cc(C#N)ccc3N3CCC(NC(=O)C(C)(C)C)CC3)[nH]c3cc(Cl)cc(c13)C2c1ccc(Cl)cc1Cl. The Bertz CT molecular complexity index is 2520. The third kappa shape index (κ3) is 7.29. The topological polar surface area (TPSA) is 104 Å². The highest BCUT2D eigenvalue weighted by Crippen LogP contribution is 2.53. The van der Waals surface area contributed by atoms with Crippen LogP contribution in [-0.2, 0) is 4.79 Å². The molecule has 1 saturated heterocycles. The van der Waals surface area contributed by atoms with Gasteiger partial charge in [-0.3, -0.25) is 9.59 Å². The Morgan fingerprint density at radius 2 is 1.67 bits per heavy atom. The largest absolute Gasteiger partial charge is 0.370 e. The standard InChI is InChI=1S/C46H43Cl3N6O2/c1-26-9-8-18-55-42(32-14-13-29(47)23-34(32)49)33-22-30(48)24-36-39(33)40(43(55)38(26)28-10-6-5-7-11-28)41(52-36)44(56)53-35-21-27(25-50)12-15-37(35)54-19-16-31(17-20-54)51-45(57)46(2,3)4/h5-8,10-15,18,21-24,26,31,42,52H,9,16-17,19-20H2,1-4H3,(H,51,57)(H,53,56). The van der Waals surface area contributed by atoms with Crippen LogP contribution in [0.2, 0.25) is 15.1 Å². The van der Waals surface area contributed by atoms with E-state index in [1.165, 1.54) is 0 Å². The number of benzene rings is 4. The fraction of sp³-hybridized carbons (Fsp3) is 0.283. The molecule has 4 aromatic carbocycles. The summed E-state index contributed by atoms with van der Waals surface area (Å²) in [5, 5.41) is 18.8. The van der Waals surface area contributed by atoms with Gasteiger partial charge < -0.3 is 25.4 Å². The lowest BCUT2D eigenvalue weighted by atomic mass is 9.82. The average Bonchev–Trinajstić information content (AvgIpc) is 3.47. The molecule has 290 valence electrons. The number of amides is 2. The number of hydrogen-bond donors (Lipinski definition) is 3. The van der Waals surface area contributed by atoms with E-state index >= 15 is 0 Å². The normalized spacial score (nSPS) is 18.3. The zero-order valence-corrected chi connectivity index (χ0v) is 34.5. The molecule has 8 rings (SSSR count). The lowest BCUT2D eigenvalue weighted by Gasteiger charge is -2.39. The molecule has 8 nitrogen and oxygen atoms in total. The van der Waals surface area contributed by atoms with Crippen molar-refractivity contribution in [2.75, 3.05) is 23.3 Å². The molecule has 3 aliphatic rings. The minimum atomic E-state index is -0.473. The van der Waals surface area contributed by atoms with Gasteiger partial charge in [-0.1, -0.05) is 105 Å². The summed E-state index contributed by atoms with van der Waals surface area (Å²) in [7, 11) is 0. The molecule has 1 fully saturated rings. The molecule has 0 radical (unpaired) electrons. The van der Waals surface area contributed by atoms with Gasteiger partial charge in [-0.2, -0.15) is 5.26 Å². The van der Waals surface area contributed by atoms with Crippen LogP contribution in [0.25, 0.3) is 22.2 Å². The minimum Gasteiger partial charge on any atom is -0.370 e. The maximum Gasteiger partial charge on any atom is 0.272 e. The summed E-state index contributed by atoms with van der Waals surface area (Å²) >= 11 is 20.3. The molecular formula is C46H43Cl3N6O2. The van der Waals surface area contributed by atoms with E-state index in [1.807, 2.05) is 69.3 Å². The Hall–Kier alpha value is -5.20. The van der Waals surface area contributed by atoms with Crippen molar-refractivity contribution < 1.29 is 9.59 Å². The maximum absolute atomic E-state index is 15.0. The van der Waals surface area contributed by atoms with Crippen LogP contribution < -0.4 is 15.5 Å². The molecule has 4 heterocycles. The highest BCUT2D eigenvalue weighted by molar-refractivity contribution is 6.35. The summed E-state index contributed by atoms with van der Waals surface area (Å²) in [4.78, 5) is 35.7. The second-order valence-corrected chi connectivity index (χ2v) is 17.5. The van der Waals surface area contributed by atoms with Gasteiger partial charge in [0.1, 0.15) is 5.69 Å². The number of fused-ring (bicyclic) bond motifs is 2. The van der Waals surface area contributed by atoms with E-state index in [9.17, 15) is 14.9 Å². The number of nitrogens with one attached hydrogen (secondary N) is 3. The average molecular weight is 818 g/mol. The Morgan fingerprint density at radius 3 is 2.37 bits per heavy atom. The Kier molecular flexibility index (Phi) is 10.4. The van der Waals surface area contributed by atoms with Crippen molar-refractivity contribution in [3.8, 4) is 6.07 Å². The molecule has 0 aliphatic carbocycles. The van der Waals surface area contributed by atoms with Crippen LogP contribution in [-0.4, -0.2) is 40.8 Å². The zero-order chi connectivity index (χ0) is 40.2. The van der Waals surface area contributed by atoms with E-state index in [0.29, 0.717) is 45.1 Å². The quantitative estimate of drug-likeness (QED) is 0.158. The zero-order valence-electron chi connectivity index (χ0n) is 32.2. The third-order valence-corrected chi connectivity index (χ3v) is 12.0. The number of hydrogen-bond acceptors (Lipinski definition) is 5. The van der Waals surface area contributed by atoms with Gasteiger partial charge in [0.15, 0.2) is 0 Å². The molecule has 5 aromatic rings. The van der Waals surface area contributed by atoms with E-state index in [-0.39, 0.29) is 29.8 Å². The van der Waals surface area contributed by atoms with Gasteiger partial charge in [-0.05, 0) is 89.9 Å². The van der Waals surface area contributed by atoms with Gasteiger partial charge in [-0.25, -0.2) is 0 Å². The first-order chi connectivity index (χ1) is 27.3. The first-order valence-corrected chi connectivity index (χ1v) is 20.4. The maximum atomic E-state index is 15.0. The number of carbonyl (C=O) groups is 2. The second kappa shape index (κ2) is 15.3. The lowest BCUT2D eigenvalue weighted by molar-refractivity contribution is -0.129. The summed E-state index contributed by atoms with van der Waals surface area (Å²) in [6.07, 6.45) is 6.56. The number of anilines is 2. The second-order valence-electron chi connectivity index (χ2n) is 16.2. The van der Waals surface area contributed by atoms with Crippen LogP contribution in [0.3, 0.4) is 0 Å². The molecule has 1 aromatic heterocycles. The van der Waals surface area contributed by atoms with Crippen LogP contribution in [0.15, 0.2) is 91.1 Å². The van der Waals surface area contributed by atoms with Gasteiger partial charge in [0.2, 0.25) is 5.91 Å². The van der Waals surface area contributed by atoms with E-state index in [1.54, 1.807) is 18.2 Å². The van der Waals surface area contributed by atoms with Crippen molar-refractivity contribution in [1.82, 2.24) is 15.2 Å². The molecular weight excluding hydrogens is 775 g/mol. The van der Waals surface area contributed by atoms with Crippen molar-refractivity contribution in [2.24, 2.45) is 11.3 Å². The van der Waals surface area contributed by atoms with Crippen molar-refractivity contribution >= 4 is 80.2 Å². The van der Waals surface area contributed by atoms with Gasteiger partial charge in [-0.15, -0.1) is 0 Å². The predicted molar refractivity (Wildman–Crippen MR) is 232 cm³/mol. The monoisotopic (exact) mass is 816 g/mol. The first kappa shape index (κ1) is 38.7. The summed E-state index contributed by atoms with van der Waals surface area (Å²) in [5.74, 6) is -0.227. The molecule has 0 saturated carbocycles. The fourth-order valence-corrected chi connectivity index (χ4v) is 9.17. The van der Waals surface area contributed by atoms with Gasteiger partial charge in [0, 0.05) is 62.3 Å². The molecule has 11 heteroatoms. The van der Waals surface area contributed by atoms with Crippen LogP contribution >= 0.6 is 34.8 Å². The smallest absolute Gasteiger partial charge is 0.272 e. The number of aromatic amines is 1. The number of H-pyrrole nitrogens is 1. The molecule has 2 atom stereocenters. The minimum absolute atomic E-state index is 0.0317. The third-order valence-electron chi connectivity index (χ3n) is 11.3. The lowest BCUT2D eigenvalue weighted by Crippen LogP contribution is -2.47. The number of carbonyl (C=O) groups excluding carboxylic acids is 2. The van der Waals surface area contributed by atoms with E-state index in [0.717, 1.165) is 69.4 Å². The predicted octanol–water partition coefficient (Wildman–Crippen LogP) is 11.2. The van der Waals surface area contributed by atoms with E-state index in [4.69, 9.17) is 34.8 Å². The summed E-state index contributed by atoms with van der Waals surface area (Å²) in [5.41, 5.74) is 7.97. The van der Waals surface area contributed by atoms with Gasteiger partial charge >= 0.3 is 0 Å². The number of piperidine rings is 1. The van der Waals surface area contributed by atoms with Crippen LogP contribution in [0, 0.1) is 22.7 Å². The van der Waals surface area contributed by atoms with Gasteiger partial charge in [0.05, 0.1) is 34.7 Å². The number of aromatic nitrogens is 1. The summed E-state index contributed by atoms with van der Waals surface area (Å²) in [6, 6.07) is 27.0. The number of nitrogens with zero attached hydrogens (tertiary/aromatic N) is 3. The summed E-state index contributed by atoms with van der Waals surface area (Å²) < 4.78 is 0. The van der Waals surface area contributed by atoms with Crippen LogP contribution in [0.5, 0.6) is 0 Å². The highest BCUT2D eigenvalue weighted by Gasteiger charge is 2.40. The molecule has 3 N–H and O–H groups in total. The number of halogens is 3. The Morgan fingerprint density at radius 1 is 0.912 bits per heavy atom. The van der Waals surface area contributed by atoms with Gasteiger partial charge in [0.25, 0.3) is 5.91 Å². The molecule has 57 heavy (non-hydrogen) atoms. The van der Waals surface area contributed by atoms with Crippen molar-refractivity contribution in [1.29, 1.82) is 5.26 Å². The number of nitriles is 1. The number of allylic oxidation sites excluding steroid dienone is 2. The van der Waals surface area contributed by atoms with Crippen LogP contribution in [0.4, 0.5) is 11.4 Å². The Balaban J connectivity index is 1.27. The molecule has 2 amide bonds. The molecule has 0 bridgehead atoms. The van der Waals surface area contributed by atoms with Crippen LogP contribution in [0.1, 0.15) is 91.3 Å². The summed E-state index contributed by atoms with van der Waals surface area (Å²) in [6.45, 7) is 9.30. The molecule has 0 spiro atoms. The molecule has 3 aliphatic heterocycles. The number of rotatable bonds is 6. The molecule has 2 unspecified atom stereocenters. The van der Waals surface area contributed by atoms with E-state index < -0.39 is 5.41 Å². The highest BCUT2D eigenvalue weighted by atomic mass is 35.5. The van der Waals surface area contributed by atoms with Crippen molar-refractivity contribution in [3.63, 3.8) is 0 Å².